The van der Waals surface area contributed by atoms with Crippen molar-refractivity contribution in [2.75, 3.05) is 26.4 Å². The van der Waals surface area contributed by atoms with E-state index in [-0.39, 0.29) is 30.2 Å². The number of hydrogen-bond acceptors (Lipinski definition) is 6. The van der Waals surface area contributed by atoms with Gasteiger partial charge < -0.3 is 19.3 Å². The maximum Gasteiger partial charge on any atom is 0.255 e. The molecule has 5 rings (SSSR count). The van der Waals surface area contributed by atoms with Crippen molar-refractivity contribution < 1.29 is 28.7 Å². The summed E-state index contributed by atoms with van der Waals surface area (Å²) in [6.07, 6.45) is 6.07. The van der Waals surface area contributed by atoms with Gasteiger partial charge in [0.2, 0.25) is 17.7 Å². The lowest BCUT2D eigenvalue weighted by molar-refractivity contribution is -0.138. The van der Waals surface area contributed by atoms with Crippen LogP contribution in [0.4, 0.5) is 0 Å². The molecule has 0 aliphatic carbocycles. The first-order valence-corrected chi connectivity index (χ1v) is 12.8. The van der Waals surface area contributed by atoms with Crippen molar-refractivity contribution in [2.24, 2.45) is 5.92 Å². The van der Waals surface area contributed by atoms with Gasteiger partial charge in [-0.25, -0.2) is 0 Å². The highest BCUT2D eigenvalue weighted by atomic mass is 16.5. The molecule has 3 fully saturated rings. The maximum absolute atomic E-state index is 13.0. The van der Waals surface area contributed by atoms with E-state index in [0.29, 0.717) is 43.2 Å². The van der Waals surface area contributed by atoms with E-state index in [4.69, 9.17) is 9.47 Å². The number of carbonyl (C=O) groups is 4. The van der Waals surface area contributed by atoms with Gasteiger partial charge in [-0.2, -0.15) is 0 Å². The summed E-state index contributed by atoms with van der Waals surface area (Å²) in [5.41, 5.74) is 1.38. The van der Waals surface area contributed by atoms with Crippen LogP contribution in [0.25, 0.3) is 0 Å². The average molecular weight is 484 g/mol. The zero-order valence-electron chi connectivity index (χ0n) is 20.0. The second-order valence-electron chi connectivity index (χ2n) is 10.0. The number of benzene rings is 1. The Morgan fingerprint density at radius 2 is 1.91 bits per heavy atom. The van der Waals surface area contributed by atoms with Crippen LogP contribution >= 0.6 is 0 Å². The summed E-state index contributed by atoms with van der Waals surface area (Å²) in [5.74, 6) is 0.365. The Bertz CT molecular complexity index is 1000. The Kier molecular flexibility index (Phi) is 7.04. The number of ether oxygens (including phenoxy) is 2. The quantitative estimate of drug-likeness (QED) is 0.621. The van der Waals surface area contributed by atoms with Crippen LogP contribution < -0.4 is 10.1 Å². The van der Waals surface area contributed by atoms with Gasteiger partial charge in [0.15, 0.2) is 0 Å². The van der Waals surface area contributed by atoms with Crippen molar-refractivity contribution in [3.05, 3.63) is 29.3 Å². The first-order valence-electron chi connectivity index (χ1n) is 12.8. The molecule has 0 aromatic heterocycles. The summed E-state index contributed by atoms with van der Waals surface area (Å²) >= 11 is 0. The van der Waals surface area contributed by atoms with Crippen LogP contribution in [0.2, 0.25) is 0 Å². The van der Waals surface area contributed by atoms with E-state index in [2.05, 4.69) is 5.32 Å². The van der Waals surface area contributed by atoms with Crippen LogP contribution in [0.5, 0.6) is 5.75 Å². The van der Waals surface area contributed by atoms with E-state index in [1.807, 2.05) is 11.0 Å². The maximum atomic E-state index is 13.0. The normalized spacial score (nSPS) is 25.4. The van der Waals surface area contributed by atoms with Gasteiger partial charge in [0.25, 0.3) is 5.91 Å². The van der Waals surface area contributed by atoms with Crippen molar-refractivity contribution in [3.63, 3.8) is 0 Å². The fourth-order valence-electron chi connectivity index (χ4n) is 5.65. The molecule has 35 heavy (non-hydrogen) atoms. The molecule has 0 spiro atoms. The third-order valence-corrected chi connectivity index (χ3v) is 7.69. The predicted molar refractivity (Wildman–Crippen MR) is 125 cm³/mol. The minimum atomic E-state index is -0.630. The van der Waals surface area contributed by atoms with Crippen LogP contribution in [0, 0.1) is 5.92 Å². The number of amides is 4. The second-order valence-corrected chi connectivity index (χ2v) is 10.0. The van der Waals surface area contributed by atoms with Gasteiger partial charge >= 0.3 is 0 Å². The lowest BCUT2D eigenvalue weighted by Crippen LogP contribution is -2.52. The molecule has 1 aromatic carbocycles. The van der Waals surface area contributed by atoms with Crippen LogP contribution in [-0.2, 0) is 25.7 Å². The summed E-state index contributed by atoms with van der Waals surface area (Å²) < 4.78 is 11.5. The largest absolute Gasteiger partial charge is 0.491 e. The van der Waals surface area contributed by atoms with Gasteiger partial charge in [-0.3, -0.25) is 24.5 Å². The van der Waals surface area contributed by atoms with Crippen molar-refractivity contribution in [1.82, 2.24) is 15.1 Å². The third kappa shape index (κ3) is 5.19. The minimum Gasteiger partial charge on any atom is -0.491 e. The van der Waals surface area contributed by atoms with Gasteiger partial charge in [-0.15, -0.1) is 0 Å². The number of fused-ring (bicyclic) bond motifs is 1. The molecule has 188 valence electrons. The standard InChI is InChI=1S/C26H33N3O6/c30-23-7-6-22(25(32)27-23)29-15-18-14-20(4-5-21(18)26(29)33)35-16-19-3-1-2-10-28(19)24(31)13-17-8-11-34-12-9-17/h4-5,14,17,19,22H,1-3,6-13,15-16H2,(H,27,30,32)/t19-,22?/m0/s1. The summed E-state index contributed by atoms with van der Waals surface area (Å²) in [7, 11) is 0. The van der Waals surface area contributed by atoms with Crippen LogP contribution in [-0.4, -0.2) is 71.9 Å². The molecule has 2 atom stereocenters. The Morgan fingerprint density at radius 3 is 2.71 bits per heavy atom. The van der Waals surface area contributed by atoms with Gasteiger partial charge in [0.1, 0.15) is 18.4 Å². The summed E-state index contributed by atoms with van der Waals surface area (Å²) in [5, 5.41) is 2.33. The average Bonchev–Trinajstić information content (AvgIpc) is 3.19. The molecule has 0 radical (unpaired) electrons. The lowest BCUT2D eigenvalue weighted by atomic mass is 9.94. The lowest BCUT2D eigenvalue weighted by Gasteiger charge is -2.36. The molecule has 9 nitrogen and oxygen atoms in total. The number of nitrogens with zero attached hydrogens (tertiary/aromatic N) is 2. The number of nitrogens with one attached hydrogen (secondary N) is 1. The molecule has 3 saturated heterocycles. The van der Waals surface area contributed by atoms with Crippen molar-refractivity contribution >= 4 is 23.6 Å². The molecule has 1 unspecified atom stereocenters. The molecule has 0 bridgehead atoms. The van der Waals surface area contributed by atoms with Gasteiger partial charge in [-0.1, -0.05) is 0 Å². The fraction of sp³-hybridized carbons (Fsp3) is 0.615. The number of likely N-dealkylation sites (tertiary alicyclic amines) is 1. The number of hydrogen-bond donors (Lipinski definition) is 1. The minimum absolute atomic E-state index is 0.0472. The molecule has 4 heterocycles. The van der Waals surface area contributed by atoms with Crippen LogP contribution in [0.15, 0.2) is 18.2 Å². The Labute approximate surface area is 205 Å². The Hall–Kier alpha value is -2.94. The van der Waals surface area contributed by atoms with Gasteiger partial charge in [0.05, 0.1) is 6.04 Å². The molecule has 4 amide bonds. The van der Waals surface area contributed by atoms with Crippen molar-refractivity contribution in [2.45, 2.75) is 70.0 Å². The Morgan fingerprint density at radius 1 is 1.09 bits per heavy atom. The number of rotatable bonds is 6. The molecular formula is C26H33N3O6. The first kappa shape index (κ1) is 23.8. The third-order valence-electron chi connectivity index (χ3n) is 7.69. The van der Waals surface area contributed by atoms with E-state index in [9.17, 15) is 19.2 Å². The highest BCUT2D eigenvalue weighted by Gasteiger charge is 2.39. The first-order chi connectivity index (χ1) is 17.0. The molecule has 1 aromatic rings. The molecule has 0 saturated carbocycles. The predicted octanol–water partition coefficient (Wildman–Crippen LogP) is 2.02. The molecule has 4 aliphatic heterocycles. The number of imide groups is 1. The number of carbonyl (C=O) groups excluding carboxylic acids is 4. The zero-order valence-corrected chi connectivity index (χ0v) is 20.0. The highest BCUT2D eigenvalue weighted by molar-refractivity contribution is 6.05. The summed E-state index contributed by atoms with van der Waals surface area (Å²) in [4.78, 5) is 53.2. The van der Waals surface area contributed by atoms with E-state index in [1.165, 1.54) is 4.90 Å². The van der Waals surface area contributed by atoms with E-state index >= 15 is 0 Å². The topological polar surface area (TPSA) is 105 Å². The number of piperidine rings is 2. The van der Waals surface area contributed by atoms with E-state index < -0.39 is 11.9 Å². The molecule has 4 aliphatic rings. The highest BCUT2D eigenvalue weighted by Crippen LogP contribution is 2.31. The molecule has 1 N–H and O–H groups in total. The van der Waals surface area contributed by atoms with Crippen molar-refractivity contribution in [3.8, 4) is 5.75 Å². The monoisotopic (exact) mass is 483 g/mol. The van der Waals surface area contributed by atoms with E-state index in [0.717, 1.165) is 57.4 Å². The Balaban J connectivity index is 1.20. The SMILES string of the molecule is O=C1CCC(N2Cc3cc(OC[C@@H]4CCCCN4C(=O)CC4CCOCC4)ccc3C2=O)C(=O)N1. The van der Waals surface area contributed by atoms with Gasteiger partial charge in [0, 0.05) is 44.7 Å². The second kappa shape index (κ2) is 10.4. The van der Waals surface area contributed by atoms with E-state index in [1.54, 1.807) is 12.1 Å². The fourth-order valence-corrected chi connectivity index (χ4v) is 5.65. The van der Waals surface area contributed by atoms with Crippen molar-refractivity contribution in [1.29, 1.82) is 0 Å². The van der Waals surface area contributed by atoms with Crippen LogP contribution in [0.1, 0.15) is 67.3 Å². The summed E-state index contributed by atoms with van der Waals surface area (Å²) in [6, 6.07) is 4.80. The van der Waals surface area contributed by atoms with Crippen LogP contribution in [0.3, 0.4) is 0 Å². The molecule has 9 heteroatoms. The smallest absolute Gasteiger partial charge is 0.255 e. The zero-order chi connectivity index (χ0) is 24.4. The summed E-state index contributed by atoms with van der Waals surface area (Å²) in [6.45, 7) is 2.99. The molecular weight excluding hydrogens is 450 g/mol. The van der Waals surface area contributed by atoms with Gasteiger partial charge in [-0.05, 0) is 68.2 Å².